The summed E-state index contributed by atoms with van der Waals surface area (Å²) in [7, 11) is 0. The second kappa shape index (κ2) is 4.29. The van der Waals surface area contributed by atoms with Gasteiger partial charge in [0.05, 0.1) is 5.69 Å². The number of rotatable bonds is 0. The summed E-state index contributed by atoms with van der Waals surface area (Å²) in [6.07, 6.45) is 6.92. The molecule has 0 radical (unpaired) electrons. The van der Waals surface area contributed by atoms with Gasteiger partial charge in [0, 0.05) is 18.9 Å². The molecule has 3 rings (SSSR count). The molecule has 0 saturated carbocycles. The van der Waals surface area contributed by atoms with Crippen molar-refractivity contribution in [3.05, 3.63) is 48.0 Å². The van der Waals surface area contributed by atoms with Crippen molar-refractivity contribution >= 4 is 11.7 Å². The van der Waals surface area contributed by atoms with Gasteiger partial charge in [0.2, 0.25) is 0 Å². The van der Waals surface area contributed by atoms with Gasteiger partial charge in [-0.3, -0.25) is 9.47 Å². The van der Waals surface area contributed by atoms with E-state index in [4.69, 9.17) is 0 Å². The Morgan fingerprint density at radius 3 is 3.06 bits per heavy atom. The van der Waals surface area contributed by atoms with Gasteiger partial charge in [-0.25, -0.2) is 9.78 Å². The Kier molecular flexibility index (Phi) is 2.63. The molecular formula is C14H15N3O. The lowest BCUT2D eigenvalue weighted by Gasteiger charge is -2.30. The average Bonchev–Trinajstić information content (AvgIpc) is 2.91. The third-order valence-corrected chi connectivity index (χ3v) is 3.38. The van der Waals surface area contributed by atoms with Crippen molar-refractivity contribution in [3.8, 4) is 0 Å². The number of amides is 1. The highest BCUT2D eigenvalue weighted by Gasteiger charge is 2.24. The number of nitrogens with zero attached hydrogens (tertiary/aromatic N) is 3. The summed E-state index contributed by atoms with van der Waals surface area (Å²) in [6.45, 7) is 2.83. The van der Waals surface area contributed by atoms with E-state index in [-0.39, 0.29) is 6.03 Å². The van der Waals surface area contributed by atoms with E-state index in [2.05, 4.69) is 30.1 Å². The molecule has 4 nitrogen and oxygen atoms in total. The van der Waals surface area contributed by atoms with Crippen molar-refractivity contribution in [2.45, 2.75) is 19.8 Å². The molecule has 4 heteroatoms. The van der Waals surface area contributed by atoms with Gasteiger partial charge in [0.1, 0.15) is 6.33 Å². The minimum atomic E-state index is -0.0252. The molecule has 0 fully saturated rings. The molecule has 2 heterocycles. The maximum atomic E-state index is 12.4. The third-order valence-electron chi connectivity index (χ3n) is 3.38. The Bertz CT molecular complexity index is 575. The SMILES string of the molecule is Cc1cccc2c1N(C(=O)n1ccnc1)CCC2. The monoisotopic (exact) mass is 241 g/mol. The van der Waals surface area contributed by atoms with Crippen LogP contribution in [0.4, 0.5) is 10.5 Å². The number of aryl methyl sites for hydroxylation is 2. The molecule has 1 aliphatic rings. The second-order valence-corrected chi connectivity index (χ2v) is 4.59. The number of carbonyl (C=O) groups is 1. The van der Waals surface area contributed by atoms with E-state index >= 15 is 0 Å². The summed E-state index contributed by atoms with van der Waals surface area (Å²) < 4.78 is 1.53. The van der Waals surface area contributed by atoms with Crippen LogP contribution in [0, 0.1) is 6.92 Å². The first-order valence-electron chi connectivity index (χ1n) is 6.15. The zero-order valence-electron chi connectivity index (χ0n) is 10.3. The number of fused-ring (bicyclic) bond motifs is 1. The fourth-order valence-corrected chi connectivity index (χ4v) is 2.55. The molecule has 2 aromatic rings. The van der Waals surface area contributed by atoms with Crippen molar-refractivity contribution in [2.24, 2.45) is 0 Å². The lowest BCUT2D eigenvalue weighted by molar-refractivity contribution is 0.247. The van der Waals surface area contributed by atoms with Crippen LogP contribution in [-0.4, -0.2) is 22.1 Å². The van der Waals surface area contributed by atoms with Crippen molar-refractivity contribution in [1.29, 1.82) is 0 Å². The minimum Gasteiger partial charge on any atom is -0.293 e. The summed E-state index contributed by atoms with van der Waals surface area (Å²) in [5.74, 6) is 0. The molecule has 0 atom stereocenters. The summed E-state index contributed by atoms with van der Waals surface area (Å²) in [5.41, 5.74) is 3.48. The highest BCUT2D eigenvalue weighted by Crippen LogP contribution is 2.30. The number of carbonyl (C=O) groups excluding carboxylic acids is 1. The largest absolute Gasteiger partial charge is 0.333 e. The van der Waals surface area contributed by atoms with Crippen molar-refractivity contribution in [2.75, 3.05) is 11.4 Å². The van der Waals surface area contributed by atoms with E-state index in [1.807, 2.05) is 4.90 Å². The standard InChI is InChI=1S/C14H15N3O/c1-11-4-2-5-12-6-3-8-17(13(11)12)14(18)16-9-7-15-10-16/h2,4-5,7,9-10H,3,6,8H2,1H3. The highest BCUT2D eigenvalue weighted by molar-refractivity contribution is 5.95. The van der Waals surface area contributed by atoms with Crippen LogP contribution >= 0.6 is 0 Å². The Hall–Kier alpha value is -2.10. The molecule has 92 valence electrons. The van der Waals surface area contributed by atoms with E-state index in [0.717, 1.165) is 30.6 Å². The van der Waals surface area contributed by atoms with E-state index in [9.17, 15) is 4.79 Å². The molecule has 1 amide bonds. The molecule has 0 aliphatic carbocycles. The van der Waals surface area contributed by atoms with E-state index in [1.165, 1.54) is 10.1 Å². The number of benzene rings is 1. The summed E-state index contributed by atoms with van der Waals surface area (Å²) >= 11 is 0. The smallest absolute Gasteiger partial charge is 0.293 e. The van der Waals surface area contributed by atoms with Crippen LogP contribution in [0.1, 0.15) is 17.5 Å². The topological polar surface area (TPSA) is 38.1 Å². The number of hydrogen-bond acceptors (Lipinski definition) is 2. The van der Waals surface area contributed by atoms with Crippen LogP contribution in [0.15, 0.2) is 36.9 Å². The molecule has 1 aromatic heterocycles. The van der Waals surface area contributed by atoms with Gasteiger partial charge in [-0.15, -0.1) is 0 Å². The van der Waals surface area contributed by atoms with E-state index < -0.39 is 0 Å². The zero-order chi connectivity index (χ0) is 12.5. The third kappa shape index (κ3) is 1.70. The van der Waals surface area contributed by atoms with Gasteiger partial charge in [0.15, 0.2) is 0 Å². The number of imidazole rings is 1. The fraction of sp³-hybridized carbons (Fsp3) is 0.286. The molecule has 0 spiro atoms. The molecule has 1 aliphatic heterocycles. The van der Waals surface area contributed by atoms with Gasteiger partial charge in [-0.2, -0.15) is 0 Å². The molecule has 0 saturated heterocycles. The molecule has 18 heavy (non-hydrogen) atoms. The van der Waals surface area contributed by atoms with Gasteiger partial charge in [-0.1, -0.05) is 18.2 Å². The average molecular weight is 241 g/mol. The molecule has 0 N–H and O–H groups in total. The predicted molar refractivity (Wildman–Crippen MR) is 69.9 cm³/mol. The first kappa shape index (κ1) is 11.0. The highest BCUT2D eigenvalue weighted by atomic mass is 16.2. The summed E-state index contributed by atoms with van der Waals surface area (Å²) in [5, 5.41) is 0. The number of hydrogen-bond donors (Lipinski definition) is 0. The summed E-state index contributed by atoms with van der Waals surface area (Å²) in [4.78, 5) is 18.2. The molecule has 0 unspecified atom stereocenters. The fourth-order valence-electron chi connectivity index (χ4n) is 2.55. The predicted octanol–water partition coefficient (Wildman–Crippen LogP) is 2.61. The van der Waals surface area contributed by atoms with Crippen LogP contribution in [0.25, 0.3) is 0 Å². The Balaban J connectivity index is 2.04. The van der Waals surface area contributed by atoms with Crippen LogP contribution < -0.4 is 4.90 Å². The van der Waals surface area contributed by atoms with Gasteiger partial charge in [-0.05, 0) is 30.9 Å². The van der Waals surface area contributed by atoms with E-state index in [0.29, 0.717) is 0 Å². The number of aromatic nitrogens is 2. The lowest BCUT2D eigenvalue weighted by Crippen LogP contribution is -2.38. The second-order valence-electron chi connectivity index (χ2n) is 4.59. The number of anilines is 1. The normalized spacial score (nSPS) is 14.4. The van der Waals surface area contributed by atoms with Crippen molar-refractivity contribution < 1.29 is 4.79 Å². The first-order chi connectivity index (χ1) is 8.77. The molecular weight excluding hydrogens is 226 g/mol. The van der Waals surface area contributed by atoms with Crippen LogP contribution in [0.3, 0.4) is 0 Å². The van der Waals surface area contributed by atoms with Gasteiger partial charge >= 0.3 is 6.03 Å². The van der Waals surface area contributed by atoms with Gasteiger partial charge < -0.3 is 0 Å². The quantitative estimate of drug-likeness (QED) is 0.711. The van der Waals surface area contributed by atoms with Crippen LogP contribution in [0.2, 0.25) is 0 Å². The Morgan fingerprint density at radius 2 is 2.28 bits per heavy atom. The maximum absolute atomic E-state index is 12.4. The Labute approximate surface area is 106 Å². The van der Waals surface area contributed by atoms with Crippen molar-refractivity contribution in [1.82, 2.24) is 9.55 Å². The lowest BCUT2D eigenvalue weighted by atomic mass is 9.98. The van der Waals surface area contributed by atoms with Gasteiger partial charge in [0.25, 0.3) is 0 Å². The Morgan fingerprint density at radius 1 is 1.39 bits per heavy atom. The number of para-hydroxylation sites is 1. The van der Waals surface area contributed by atoms with E-state index in [1.54, 1.807) is 18.7 Å². The van der Waals surface area contributed by atoms with Crippen LogP contribution in [-0.2, 0) is 6.42 Å². The first-order valence-corrected chi connectivity index (χ1v) is 6.15. The molecule has 1 aromatic carbocycles. The minimum absolute atomic E-state index is 0.0252. The van der Waals surface area contributed by atoms with Crippen molar-refractivity contribution in [3.63, 3.8) is 0 Å². The summed E-state index contributed by atoms with van der Waals surface area (Å²) in [6, 6.07) is 6.19. The van der Waals surface area contributed by atoms with Crippen LogP contribution in [0.5, 0.6) is 0 Å². The zero-order valence-corrected chi connectivity index (χ0v) is 10.3. The molecule has 0 bridgehead atoms. The maximum Gasteiger partial charge on any atom is 0.333 e.